The summed E-state index contributed by atoms with van der Waals surface area (Å²) in [7, 11) is 0. The highest BCUT2D eigenvalue weighted by atomic mass is 35.5. The predicted octanol–water partition coefficient (Wildman–Crippen LogP) is 0.499. The number of hydrogen-bond donors (Lipinski definition) is 2. The minimum Gasteiger partial charge on any atom is -0.312 e. The molecule has 2 atom stereocenters. The molecule has 4 aliphatic rings. The monoisotopic (exact) mass is 333 g/mol. The number of fused-ring (bicyclic) bond motifs is 3. The van der Waals surface area contributed by atoms with Gasteiger partial charge in [0.1, 0.15) is 18.3 Å². The molecule has 23 heavy (non-hydrogen) atoms. The second kappa shape index (κ2) is 4.80. The Kier molecular flexibility index (Phi) is 2.91. The van der Waals surface area contributed by atoms with E-state index >= 15 is 0 Å². The third kappa shape index (κ3) is 2.00. The van der Waals surface area contributed by atoms with Crippen molar-refractivity contribution in [1.82, 2.24) is 24.6 Å². The van der Waals surface area contributed by atoms with Crippen LogP contribution in [0.3, 0.4) is 0 Å². The summed E-state index contributed by atoms with van der Waals surface area (Å²) < 4.78 is 1.92. The maximum atomic E-state index is 6.44. The Bertz CT molecular complexity index is 753. The molecule has 0 saturated carbocycles. The van der Waals surface area contributed by atoms with Gasteiger partial charge in [0.15, 0.2) is 0 Å². The Balaban J connectivity index is 1.54. The number of rotatable bonds is 1. The summed E-state index contributed by atoms with van der Waals surface area (Å²) in [6.07, 6.45) is 5.69. The van der Waals surface area contributed by atoms with E-state index in [1.165, 1.54) is 25.9 Å². The molecule has 122 valence electrons. The molecule has 2 aromatic heterocycles. The summed E-state index contributed by atoms with van der Waals surface area (Å²) in [5, 5.41) is 4.33. The lowest BCUT2D eigenvalue weighted by Gasteiger charge is -2.51. The van der Waals surface area contributed by atoms with Gasteiger partial charge in [-0.05, 0) is 31.8 Å². The van der Waals surface area contributed by atoms with E-state index in [1.807, 2.05) is 16.7 Å². The van der Waals surface area contributed by atoms with Crippen molar-refractivity contribution in [1.29, 1.82) is 0 Å². The molecule has 3 N–H and O–H groups in total. The van der Waals surface area contributed by atoms with Crippen LogP contribution in [0.2, 0.25) is 5.02 Å². The smallest absolute Gasteiger partial charge is 0.215 e. The van der Waals surface area contributed by atoms with Gasteiger partial charge in [-0.25, -0.2) is 9.97 Å². The molecule has 2 bridgehead atoms. The summed E-state index contributed by atoms with van der Waals surface area (Å²) in [5.41, 5.74) is 7.30. The molecule has 2 aromatic rings. The molecule has 0 amide bonds. The fraction of sp³-hybridized carbons (Fsp3) is 0.600. The summed E-state index contributed by atoms with van der Waals surface area (Å²) in [4.78, 5) is 13.4. The number of piperidine rings is 3. The number of halogens is 1. The lowest BCUT2D eigenvalue weighted by Crippen LogP contribution is -2.66. The van der Waals surface area contributed by atoms with E-state index in [2.05, 4.69) is 25.1 Å². The number of nitrogens with zero attached hydrogens (tertiary/aromatic N) is 5. The lowest BCUT2D eigenvalue weighted by molar-refractivity contribution is 0.0218. The summed E-state index contributed by atoms with van der Waals surface area (Å²) in [6, 6.07) is 1.84. The van der Waals surface area contributed by atoms with Crippen LogP contribution in [-0.2, 0) is 0 Å². The van der Waals surface area contributed by atoms with E-state index in [1.54, 1.807) is 6.33 Å². The van der Waals surface area contributed by atoms with Crippen molar-refractivity contribution in [2.45, 2.75) is 24.7 Å². The Labute approximate surface area is 139 Å². The molecule has 6 heterocycles. The van der Waals surface area contributed by atoms with Crippen LogP contribution in [0.1, 0.15) is 12.8 Å². The molecule has 7 nitrogen and oxygen atoms in total. The molecule has 2 unspecified atom stereocenters. The highest BCUT2D eigenvalue weighted by Crippen LogP contribution is 2.39. The van der Waals surface area contributed by atoms with Crippen LogP contribution in [0.25, 0.3) is 5.65 Å². The highest BCUT2D eigenvalue weighted by molar-refractivity contribution is 6.31. The van der Waals surface area contributed by atoms with Crippen LogP contribution in [0, 0.1) is 5.92 Å². The lowest BCUT2D eigenvalue weighted by atomic mass is 9.73. The first kappa shape index (κ1) is 14.0. The van der Waals surface area contributed by atoms with Crippen molar-refractivity contribution in [2.75, 3.05) is 31.1 Å². The maximum Gasteiger partial charge on any atom is 0.215 e. The number of hydrogen-bond acceptors (Lipinski definition) is 6. The second-order valence-corrected chi connectivity index (χ2v) is 7.42. The van der Waals surface area contributed by atoms with E-state index in [-0.39, 0.29) is 11.8 Å². The van der Waals surface area contributed by atoms with Crippen LogP contribution < -0.4 is 16.0 Å². The molecule has 4 fully saturated rings. The Morgan fingerprint density at radius 3 is 2.83 bits per heavy atom. The average molecular weight is 334 g/mol. The molecule has 0 aliphatic carbocycles. The molecule has 6 rings (SSSR count). The van der Waals surface area contributed by atoms with Gasteiger partial charge in [0, 0.05) is 25.4 Å². The predicted molar refractivity (Wildman–Crippen MR) is 88.3 cm³/mol. The molecular weight excluding hydrogens is 314 g/mol. The van der Waals surface area contributed by atoms with Crippen molar-refractivity contribution in [3.63, 3.8) is 0 Å². The zero-order valence-electron chi connectivity index (χ0n) is 12.8. The van der Waals surface area contributed by atoms with Gasteiger partial charge in [0.05, 0.1) is 10.6 Å². The molecular formula is C15H20ClN7. The third-order valence-corrected chi connectivity index (χ3v) is 5.91. The highest BCUT2D eigenvalue weighted by Gasteiger charge is 2.53. The zero-order valence-corrected chi connectivity index (χ0v) is 13.6. The average Bonchev–Trinajstić information content (AvgIpc) is 3.07. The second-order valence-electron chi connectivity index (χ2n) is 6.98. The van der Waals surface area contributed by atoms with Crippen molar-refractivity contribution in [3.05, 3.63) is 23.6 Å². The third-order valence-electron chi connectivity index (χ3n) is 5.70. The van der Waals surface area contributed by atoms with Crippen molar-refractivity contribution in [2.24, 2.45) is 11.7 Å². The molecule has 0 aromatic carbocycles. The van der Waals surface area contributed by atoms with E-state index in [0.29, 0.717) is 10.9 Å². The number of nitrogens with one attached hydrogen (secondary N) is 1. The first-order chi connectivity index (χ1) is 11.1. The minimum atomic E-state index is -0.241. The minimum absolute atomic E-state index is 0.0735. The van der Waals surface area contributed by atoms with Gasteiger partial charge >= 0.3 is 0 Å². The fourth-order valence-corrected chi connectivity index (χ4v) is 4.82. The normalized spacial score (nSPS) is 36.4. The molecule has 4 aliphatic heterocycles. The SMILES string of the molecule is NC1NC2(CN3CCC2CC3)CN1c1ncnc2cc(Cl)cn12. The van der Waals surface area contributed by atoms with Gasteiger partial charge in [-0.3, -0.25) is 15.5 Å². The standard InChI is InChI=1S/C15H20ClN7/c16-11-5-12-18-9-19-14(22(12)6-11)23-8-15(20-13(23)17)7-21-3-1-10(15)2-4-21/h5-6,9-10,13,20H,1-4,7-8,17H2. The molecule has 1 spiro atoms. The first-order valence-electron chi connectivity index (χ1n) is 8.16. The van der Waals surface area contributed by atoms with Crippen LogP contribution in [-0.4, -0.2) is 57.3 Å². The van der Waals surface area contributed by atoms with Crippen molar-refractivity contribution >= 4 is 23.2 Å². The van der Waals surface area contributed by atoms with Crippen molar-refractivity contribution < 1.29 is 0 Å². The number of aromatic nitrogens is 3. The van der Waals surface area contributed by atoms with Gasteiger partial charge < -0.3 is 9.80 Å². The Morgan fingerprint density at radius 1 is 1.26 bits per heavy atom. The van der Waals surface area contributed by atoms with Crippen LogP contribution in [0.15, 0.2) is 18.6 Å². The number of anilines is 1. The van der Waals surface area contributed by atoms with E-state index in [9.17, 15) is 0 Å². The fourth-order valence-electron chi connectivity index (χ4n) is 4.62. The first-order valence-corrected chi connectivity index (χ1v) is 8.53. The zero-order chi connectivity index (χ0) is 15.6. The van der Waals surface area contributed by atoms with Crippen LogP contribution in [0.4, 0.5) is 5.95 Å². The van der Waals surface area contributed by atoms with Crippen LogP contribution >= 0.6 is 11.6 Å². The molecule has 8 heteroatoms. The molecule has 4 saturated heterocycles. The van der Waals surface area contributed by atoms with E-state index in [0.717, 1.165) is 24.7 Å². The van der Waals surface area contributed by atoms with Crippen molar-refractivity contribution in [3.8, 4) is 0 Å². The number of nitrogens with two attached hydrogens (primary N) is 1. The van der Waals surface area contributed by atoms with Gasteiger partial charge in [0.2, 0.25) is 5.95 Å². The largest absolute Gasteiger partial charge is 0.312 e. The van der Waals surface area contributed by atoms with Gasteiger partial charge in [0.25, 0.3) is 0 Å². The van der Waals surface area contributed by atoms with E-state index in [4.69, 9.17) is 17.3 Å². The van der Waals surface area contributed by atoms with Gasteiger partial charge in [-0.2, -0.15) is 0 Å². The van der Waals surface area contributed by atoms with Gasteiger partial charge in [-0.1, -0.05) is 11.6 Å². The Hall–Kier alpha value is -1.41. The van der Waals surface area contributed by atoms with E-state index < -0.39 is 0 Å². The topological polar surface area (TPSA) is 74.7 Å². The maximum absolute atomic E-state index is 6.44. The quantitative estimate of drug-likeness (QED) is 0.791. The van der Waals surface area contributed by atoms with Crippen LogP contribution in [0.5, 0.6) is 0 Å². The van der Waals surface area contributed by atoms with Gasteiger partial charge in [-0.15, -0.1) is 0 Å². The Morgan fingerprint density at radius 2 is 2.09 bits per heavy atom. The molecule has 0 radical (unpaired) electrons. The summed E-state index contributed by atoms with van der Waals surface area (Å²) in [6.45, 7) is 4.38. The summed E-state index contributed by atoms with van der Waals surface area (Å²) in [5.74, 6) is 1.49. The summed E-state index contributed by atoms with van der Waals surface area (Å²) >= 11 is 6.13.